The van der Waals surface area contributed by atoms with Crippen LogP contribution in [-0.2, 0) is 0 Å². The standard InChI is InChI=1S/C10H18O2S/c1-3-6-10(13-12,7-4-2)8-5-9-11/h3-4,6-7,11-12H,5,8-9H2,1-2H3. The van der Waals surface area contributed by atoms with Gasteiger partial charge in [-0.05, 0) is 26.7 Å². The lowest BCUT2D eigenvalue weighted by Crippen LogP contribution is -2.18. The molecule has 0 aliphatic heterocycles. The van der Waals surface area contributed by atoms with E-state index in [0.29, 0.717) is 6.42 Å². The molecule has 0 atom stereocenters. The van der Waals surface area contributed by atoms with Crippen molar-refractivity contribution in [2.24, 2.45) is 0 Å². The summed E-state index contributed by atoms with van der Waals surface area (Å²) >= 11 is 0.822. The molecule has 0 aliphatic rings. The highest BCUT2D eigenvalue weighted by Crippen LogP contribution is 2.31. The third kappa shape index (κ3) is 4.50. The van der Waals surface area contributed by atoms with Crippen LogP contribution in [0.1, 0.15) is 26.7 Å². The molecule has 0 aliphatic carbocycles. The largest absolute Gasteiger partial charge is 0.396 e. The summed E-state index contributed by atoms with van der Waals surface area (Å²) in [6.07, 6.45) is 9.18. The fourth-order valence-electron chi connectivity index (χ4n) is 1.25. The molecule has 0 saturated heterocycles. The van der Waals surface area contributed by atoms with Gasteiger partial charge in [-0.3, -0.25) is 0 Å². The van der Waals surface area contributed by atoms with E-state index < -0.39 is 0 Å². The Morgan fingerprint density at radius 3 is 2.08 bits per heavy atom. The molecule has 0 aromatic carbocycles. The Labute approximate surface area is 84.6 Å². The fraction of sp³-hybridized carbons (Fsp3) is 0.600. The average Bonchev–Trinajstić information content (AvgIpc) is 2.15. The Morgan fingerprint density at radius 2 is 1.77 bits per heavy atom. The number of aliphatic hydroxyl groups excluding tert-OH is 1. The lowest BCUT2D eigenvalue weighted by Gasteiger charge is -2.22. The van der Waals surface area contributed by atoms with Crippen LogP contribution in [0.25, 0.3) is 0 Å². The number of rotatable bonds is 6. The van der Waals surface area contributed by atoms with Crippen molar-refractivity contribution in [1.82, 2.24) is 0 Å². The third-order valence-electron chi connectivity index (χ3n) is 1.79. The van der Waals surface area contributed by atoms with E-state index >= 15 is 0 Å². The third-order valence-corrected chi connectivity index (χ3v) is 2.61. The van der Waals surface area contributed by atoms with Crippen molar-refractivity contribution in [3.05, 3.63) is 24.3 Å². The molecule has 76 valence electrons. The van der Waals surface area contributed by atoms with E-state index in [4.69, 9.17) is 5.11 Å². The highest BCUT2D eigenvalue weighted by Gasteiger charge is 2.23. The van der Waals surface area contributed by atoms with Gasteiger partial charge in [-0.2, -0.15) is 0 Å². The number of hydrogen-bond donors (Lipinski definition) is 2. The summed E-state index contributed by atoms with van der Waals surface area (Å²) in [5, 5.41) is 8.72. The normalized spacial score (nSPS) is 16.9. The van der Waals surface area contributed by atoms with Crippen LogP contribution in [0.15, 0.2) is 24.3 Å². The van der Waals surface area contributed by atoms with Gasteiger partial charge in [0.15, 0.2) is 0 Å². The van der Waals surface area contributed by atoms with E-state index in [1.54, 1.807) is 0 Å². The molecule has 0 amide bonds. The molecule has 0 fully saturated rings. The molecule has 0 aromatic heterocycles. The van der Waals surface area contributed by atoms with Gasteiger partial charge in [-0.1, -0.05) is 24.3 Å². The van der Waals surface area contributed by atoms with Crippen LogP contribution in [-0.4, -0.2) is 21.0 Å². The Balaban J connectivity index is 4.44. The molecule has 2 N–H and O–H groups in total. The Morgan fingerprint density at radius 1 is 1.23 bits per heavy atom. The molecule has 0 heterocycles. The summed E-state index contributed by atoms with van der Waals surface area (Å²) in [6.45, 7) is 4.01. The first kappa shape index (κ1) is 12.8. The zero-order valence-electron chi connectivity index (χ0n) is 8.23. The Hall–Kier alpha value is -0.250. The van der Waals surface area contributed by atoms with E-state index in [-0.39, 0.29) is 11.4 Å². The summed E-state index contributed by atoms with van der Waals surface area (Å²) in [7, 11) is 0. The first-order valence-corrected chi connectivity index (χ1v) is 5.23. The lowest BCUT2D eigenvalue weighted by molar-refractivity contribution is 0.282. The molecule has 0 saturated carbocycles. The first-order chi connectivity index (χ1) is 6.24. The van der Waals surface area contributed by atoms with E-state index in [9.17, 15) is 4.55 Å². The fourth-order valence-corrected chi connectivity index (χ4v) is 1.88. The zero-order valence-corrected chi connectivity index (χ0v) is 9.05. The molecule has 0 rings (SSSR count). The summed E-state index contributed by atoms with van der Waals surface area (Å²) in [5.41, 5.74) is 0. The van der Waals surface area contributed by atoms with Crippen molar-refractivity contribution in [3.8, 4) is 0 Å². The van der Waals surface area contributed by atoms with Crippen molar-refractivity contribution in [2.45, 2.75) is 31.4 Å². The summed E-state index contributed by atoms with van der Waals surface area (Å²) in [5.74, 6) is 0. The predicted octanol–water partition coefficient (Wildman–Crippen LogP) is 2.86. The quantitative estimate of drug-likeness (QED) is 0.514. The van der Waals surface area contributed by atoms with Gasteiger partial charge in [-0.15, -0.1) is 0 Å². The van der Waals surface area contributed by atoms with E-state index in [2.05, 4.69) is 0 Å². The smallest absolute Gasteiger partial charge is 0.0779 e. The highest BCUT2D eigenvalue weighted by molar-refractivity contribution is 7.95. The van der Waals surface area contributed by atoms with Crippen LogP contribution in [0.2, 0.25) is 0 Å². The Kier molecular flexibility index (Phi) is 7.04. The Bertz CT molecular complexity index is 164. The van der Waals surface area contributed by atoms with Gasteiger partial charge in [0.25, 0.3) is 0 Å². The molecule has 3 heteroatoms. The van der Waals surface area contributed by atoms with Crippen molar-refractivity contribution in [2.75, 3.05) is 6.61 Å². The molecular weight excluding hydrogens is 184 g/mol. The second-order valence-electron chi connectivity index (χ2n) is 2.87. The summed E-state index contributed by atoms with van der Waals surface area (Å²) in [6, 6.07) is 0. The van der Waals surface area contributed by atoms with Gasteiger partial charge in [0.05, 0.1) is 4.75 Å². The van der Waals surface area contributed by atoms with E-state index in [0.717, 1.165) is 18.5 Å². The number of hydrogen-bond acceptors (Lipinski definition) is 3. The minimum absolute atomic E-state index is 0.164. The number of aliphatic hydroxyl groups is 1. The molecular formula is C10H18O2S. The van der Waals surface area contributed by atoms with Crippen LogP contribution in [0.4, 0.5) is 0 Å². The predicted molar refractivity (Wildman–Crippen MR) is 58.9 cm³/mol. The highest BCUT2D eigenvalue weighted by atomic mass is 32.2. The van der Waals surface area contributed by atoms with Crippen LogP contribution < -0.4 is 0 Å². The van der Waals surface area contributed by atoms with Crippen molar-refractivity contribution < 1.29 is 9.66 Å². The van der Waals surface area contributed by atoms with Crippen molar-refractivity contribution in [1.29, 1.82) is 0 Å². The monoisotopic (exact) mass is 202 g/mol. The minimum atomic E-state index is -0.355. The van der Waals surface area contributed by atoms with Crippen LogP contribution in [0, 0.1) is 0 Å². The summed E-state index contributed by atoms with van der Waals surface area (Å²) in [4.78, 5) is 0. The molecule has 2 nitrogen and oxygen atoms in total. The minimum Gasteiger partial charge on any atom is -0.396 e. The first-order valence-electron chi connectivity index (χ1n) is 4.46. The van der Waals surface area contributed by atoms with Crippen LogP contribution in [0.5, 0.6) is 0 Å². The second kappa shape index (κ2) is 7.18. The molecule has 0 aromatic rings. The van der Waals surface area contributed by atoms with Gasteiger partial charge < -0.3 is 9.66 Å². The molecule has 0 unspecified atom stereocenters. The van der Waals surface area contributed by atoms with E-state index in [1.807, 2.05) is 38.2 Å². The lowest BCUT2D eigenvalue weighted by atomic mass is 10.0. The molecule has 0 radical (unpaired) electrons. The zero-order chi connectivity index (χ0) is 10.2. The second-order valence-corrected chi connectivity index (χ2v) is 3.82. The maximum Gasteiger partial charge on any atom is 0.0779 e. The van der Waals surface area contributed by atoms with Crippen LogP contribution >= 0.6 is 12.0 Å². The SMILES string of the molecule is CC=CC(C=CC)(CCCO)SO. The topological polar surface area (TPSA) is 40.5 Å². The molecule has 0 bridgehead atoms. The van der Waals surface area contributed by atoms with Gasteiger partial charge in [0, 0.05) is 18.6 Å². The maximum absolute atomic E-state index is 9.20. The van der Waals surface area contributed by atoms with Gasteiger partial charge in [0.2, 0.25) is 0 Å². The summed E-state index contributed by atoms with van der Waals surface area (Å²) < 4.78 is 8.84. The van der Waals surface area contributed by atoms with Gasteiger partial charge >= 0.3 is 0 Å². The average molecular weight is 202 g/mol. The van der Waals surface area contributed by atoms with Crippen molar-refractivity contribution in [3.63, 3.8) is 0 Å². The van der Waals surface area contributed by atoms with Gasteiger partial charge in [0.1, 0.15) is 0 Å². The van der Waals surface area contributed by atoms with Crippen LogP contribution in [0.3, 0.4) is 0 Å². The molecule has 13 heavy (non-hydrogen) atoms. The number of allylic oxidation sites excluding steroid dienone is 2. The molecule has 0 spiro atoms. The van der Waals surface area contributed by atoms with E-state index in [1.165, 1.54) is 0 Å². The van der Waals surface area contributed by atoms with Gasteiger partial charge in [-0.25, -0.2) is 0 Å². The maximum atomic E-state index is 9.20. The van der Waals surface area contributed by atoms with Crippen molar-refractivity contribution >= 4 is 12.0 Å².